The molecule has 0 aromatic heterocycles. The third-order valence-electron chi connectivity index (χ3n) is 4.85. The molecule has 1 aromatic rings. The van der Waals surface area contributed by atoms with Crippen LogP contribution in [0.2, 0.25) is 5.02 Å². The number of hydrogen-bond donors (Lipinski definition) is 1. The molecule has 1 heterocycles. The zero-order chi connectivity index (χ0) is 14.3. The van der Waals surface area contributed by atoms with Gasteiger partial charge in [0, 0.05) is 28.2 Å². The molecule has 110 valence electrons. The van der Waals surface area contributed by atoms with E-state index in [0.717, 1.165) is 30.5 Å². The number of anilines is 1. The van der Waals surface area contributed by atoms with E-state index in [1.54, 1.807) is 0 Å². The minimum atomic E-state index is 0.248. The molecule has 1 aromatic carbocycles. The Kier molecular flexibility index (Phi) is 4.22. The number of nitrogens with zero attached hydrogens (tertiary/aromatic N) is 1. The molecule has 1 aliphatic heterocycles. The molecule has 0 bridgehead atoms. The van der Waals surface area contributed by atoms with Crippen LogP contribution in [0, 0.1) is 9.49 Å². The minimum absolute atomic E-state index is 0.248. The molecule has 0 amide bonds. The average molecular weight is 405 g/mol. The standard InChI is InChI=1S/C16H22ClIN2/c1-3-13-9-19-16(2,11-4-5-11)10-20(13)15-7-6-12(18)8-14(15)17/h6-8,11,13,19H,3-5,9-10H2,1-2H3. The molecule has 4 heteroatoms. The van der Waals surface area contributed by atoms with Gasteiger partial charge in [-0.3, -0.25) is 0 Å². The molecule has 1 N–H and O–H groups in total. The lowest BCUT2D eigenvalue weighted by Gasteiger charge is -2.48. The second kappa shape index (κ2) is 5.65. The Bertz CT molecular complexity index is 503. The van der Waals surface area contributed by atoms with Gasteiger partial charge in [0.15, 0.2) is 0 Å². The Morgan fingerprint density at radius 1 is 1.45 bits per heavy atom. The molecular weight excluding hydrogens is 383 g/mol. The second-order valence-electron chi connectivity index (χ2n) is 6.36. The maximum atomic E-state index is 6.51. The maximum Gasteiger partial charge on any atom is 0.0650 e. The second-order valence-corrected chi connectivity index (χ2v) is 8.01. The molecule has 1 saturated heterocycles. The third-order valence-corrected chi connectivity index (χ3v) is 5.82. The molecular formula is C16H22ClIN2. The van der Waals surface area contributed by atoms with Gasteiger partial charge in [-0.05, 0) is 72.9 Å². The van der Waals surface area contributed by atoms with Crippen molar-refractivity contribution in [3.8, 4) is 0 Å². The van der Waals surface area contributed by atoms with Crippen molar-refractivity contribution >= 4 is 39.9 Å². The normalized spacial score (nSPS) is 30.6. The van der Waals surface area contributed by atoms with Crippen molar-refractivity contribution in [3.63, 3.8) is 0 Å². The third kappa shape index (κ3) is 2.81. The summed E-state index contributed by atoms with van der Waals surface area (Å²) in [4.78, 5) is 2.53. The van der Waals surface area contributed by atoms with Crippen LogP contribution < -0.4 is 10.2 Å². The van der Waals surface area contributed by atoms with E-state index in [1.165, 1.54) is 22.1 Å². The number of halogens is 2. The largest absolute Gasteiger partial charge is 0.364 e. The van der Waals surface area contributed by atoms with Crippen LogP contribution in [0.4, 0.5) is 5.69 Å². The van der Waals surface area contributed by atoms with E-state index in [4.69, 9.17) is 11.6 Å². The van der Waals surface area contributed by atoms with Gasteiger partial charge in [-0.2, -0.15) is 0 Å². The summed E-state index contributed by atoms with van der Waals surface area (Å²) < 4.78 is 1.20. The van der Waals surface area contributed by atoms with Crippen LogP contribution in [-0.4, -0.2) is 24.7 Å². The molecule has 2 fully saturated rings. The molecule has 1 aliphatic carbocycles. The van der Waals surface area contributed by atoms with Gasteiger partial charge in [0.05, 0.1) is 10.7 Å². The summed E-state index contributed by atoms with van der Waals surface area (Å²) in [7, 11) is 0. The van der Waals surface area contributed by atoms with Crippen LogP contribution in [0.5, 0.6) is 0 Å². The number of hydrogen-bond acceptors (Lipinski definition) is 2. The van der Waals surface area contributed by atoms with Gasteiger partial charge in [-0.1, -0.05) is 18.5 Å². The maximum absolute atomic E-state index is 6.51. The minimum Gasteiger partial charge on any atom is -0.364 e. The Morgan fingerprint density at radius 2 is 2.20 bits per heavy atom. The lowest BCUT2D eigenvalue weighted by molar-refractivity contribution is 0.252. The first-order valence-corrected chi connectivity index (χ1v) is 8.96. The van der Waals surface area contributed by atoms with Gasteiger partial charge in [-0.15, -0.1) is 0 Å². The quantitative estimate of drug-likeness (QED) is 0.756. The SMILES string of the molecule is CCC1CNC(C)(C2CC2)CN1c1ccc(I)cc1Cl. The van der Waals surface area contributed by atoms with E-state index >= 15 is 0 Å². The van der Waals surface area contributed by atoms with Crippen molar-refractivity contribution in [2.75, 3.05) is 18.0 Å². The summed E-state index contributed by atoms with van der Waals surface area (Å²) in [6.45, 7) is 6.77. The molecule has 0 spiro atoms. The lowest BCUT2D eigenvalue weighted by Crippen LogP contribution is -2.64. The van der Waals surface area contributed by atoms with Gasteiger partial charge < -0.3 is 10.2 Å². The van der Waals surface area contributed by atoms with Crippen molar-refractivity contribution in [3.05, 3.63) is 26.8 Å². The Labute approximate surface area is 140 Å². The predicted molar refractivity (Wildman–Crippen MR) is 94.7 cm³/mol. The fraction of sp³-hybridized carbons (Fsp3) is 0.625. The van der Waals surface area contributed by atoms with E-state index in [2.05, 4.69) is 64.9 Å². The van der Waals surface area contributed by atoms with Crippen LogP contribution in [0.25, 0.3) is 0 Å². The first kappa shape index (κ1) is 14.9. The van der Waals surface area contributed by atoms with Gasteiger partial charge >= 0.3 is 0 Å². The Balaban J connectivity index is 1.90. The average Bonchev–Trinajstić information content (AvgIpc) is 3.23. The molecule has 0 radical (unpaired) electrons. The predicted octanol–water partition coefficient (Wildman–Crippen LogP) is 4.30. The van der Waals surface area contributed by atoms with Gasteiger partial charge in [0.2, 0.25) is 0 Å². The molecule has 3 rings (SSSR count). The summed E-state index contributed by atoms with van der Waals surface area (Å²) in [5.74, 6) is 0.838. The van der Waals surface area contributed by atoms with Crippen molar-refractivity contribution in [2.45, 2.75) is 44.7 Å². The highest BCUT2D eigenvalue weighted by atomic mass is 127. The fourth-order valence-corrected chi connectivity index (χ4v) is 4.32. The molecule has 2 unspecified atom stereocenters. The summed E-state index contributed by atoms with van der Waals surface area (Å²) >= 11 is 8.83. The van der Waals surface area contributed by atoms with Crippen LogP contribution in [0.3, 0.4) is 0 Å². The van der Waals surface area contributed by atoms with E-state index < -0.39 is 0 Å². The summed E-state index contributed by atoms with van der Waals surface area (Å²) in [5, 5.41) is 4.69. The molecule has 20 heavy (non-hydrogen) atoms. The Hall–Kier alpha value is -0.0000000000000000555. The van der Waals surface area contributed by atoms with E-state index in [9.17, 15) is 0 Å². The summed E-state index contributed by atoms with van der Waals surface area (Å²) in [6, 6.07) is 6.95. The molecule has 2 atom stereocenters. The number of piperazine rings is 1. The topological polar surface area (TPSA) is 15.3 Å². The van der Waals surface area contributed by atoms with Crippen LogP contribution >= 0.6 is 34.2 Å². The highest BCUT2D eigenvalue weighted by Gasteiger charge is 2.46. The molecule has 2 aliphatic rings. The summed E-state index contributed by atoms with van der Waals surface area (Å²) in [6.07, 6.45) is 3.89. The van der Waals surface area contributed by atoms with Crippen molar-refractivity contribution in [1.29, 1.82) is 0 Å². The van der Waals surface area contributed by atoms with Crippen molar-refractivity contribution < 1.29 is 0 Å². The summed E-state index contributed by atoms with van der Waals surface area (Å²) in [5.41, 5.74) is 1.45. The highest BCUT2D eigenvalue weighted by Crippen LogP contribution is 2.43. The van der Waals surface area contributed by atoms with Gasteiger partial charge in [0.1, 0.15) is 0 Å². The van der Waals surface area contributed by atoms with E-state index in [0.29, 0.717) is 6.04 Å². The zero-order valence-corrected chi connectivity index (χ0v) is 15.0. The monoisotopic (exact) mass is 404 g/mol. The van der Waals surface area contributed by atoms with Gasteiger partial charge in [0.25, 0.3) is 0 Å². The van der Waals surface area contributed by atoms with E-state index in [-0.39, 0.29) is 5.54 Å². The highest BCUT2D eigenvalue weighted by molar-refractivity contribution is 14.1. The lowest BCUT2D eigenvalue weighted by atomic mass is 9.90. The van der Waals surface area contributed by atoms with Crippen LogP contribution in [0.15, 0.2) is 18.2 Å². The first-order chi connectivity index (χ1) is 9.53. The first-order valence-electron chi connectivity index (χ1n) is 7.50. The van der Waals surface area contributed by atoms with Gasteiger partial charge in [-0.25, -0.2) is 0 Å². The van der Waals surface area contributed by atoms with Crippen LogP contribution in [-0.2, 0) is 0 Å². The van der Waals surface area contributed by atoms with Crippen molar-refractivity contribution in [2.24, 2.45) is 5.92 Å². The van der Waals surface area contributed by atoms with Crippen LogP contribution in [0.1, 0.15) is 33.1 Å². The fourth-order valence-electron chi connectivity index (χ4n) is 3.35. The number of nitrogens with one attached hydrogen (secondary N) is 1. The zero-order valence-electron chi connectivity index (χ0n) is 12.1. The smallest absolute Gasteiger partial charge is 0.0650 e. The Morgan fingerprint density at radius 3 is 2.80 bits per heavy atom. The molecule has 1 saturated carbocycles. The van der Waals surface area contributed by atoms with E-state index in [1.807, 2.05) is 0 Å². The molecule has 2 nitrogen and oxygen atoms in total. The number of rotatable bonds is 3. The van der Waals surface area contributed by atoms with Crippen molar-refractivity contribution in [1.82, 2.24) is 5.32 Å². The number of benzene rings is 1.